The molecule has 1 fully saturated rings. The van der Waals surface area contributed by atoms with Gasteiger partial charge in [-0.15, -0.1) is 0 Å². The van der Waals surface area contributed by atoms with Crippen LogP contribution in [0, 0.1) is 11.6 Å². The molecule has 0 unspecified atom stereocenters. The van der Waals surface area contributed by atoms with Gasteiger partial charge in [0.2, 0.25) is 10.0 Å². The van der Waals surface area contributed by atoms with Crippen LogP contribution in [0.4, 0.5) is 20.3 Å². The van der Waals surface area contributed by atoms with Gasteiger partial charge in [0.05, 0.1) is 18.0 Å². The molecule has 0 bridgehead atoms. The number of halogens is 2. The molecule has 0 radical (unpaired) electrons. The number of nitrogens with one attached hydrogen (secondary N) is 3. The van der Waals surface area contributed by atoms with E-state index in [1.165, 1.54) is 0 Å². The van der Waals surface area contributed by atoms with Crippen molar-refractivity contribution in [2.75, 3.05) is 63.5 Å². The molecule has 1 saturated heterocycles. The lowest BCUT2D eigenvalue weighted by Gasteiger charge is -2.36. The third kappa shape index (κ3) is 6.93. The molecule has 2 aliphatic rings. The smallest absolute Gasteiger partial charge is 0.256 e. The number of nitrogens with zero attached hydrogens (tertiary/aromatic N) is 4. The predicted octanol–water partition coefficient (Wildman–Crippen LogP) is 2.65. The van der Waals surface area contributed by atoms with Crippen LogP contribution in [-0.4, -0.2) is 97.3 Å². The van der Waals surface area contributed by atoms with Gasteiger partial charge < -0.3 is 15.5 Å². The summed E-state index contributed by atoms with van der Waals surface area (Å²) in [6, 6.07) is 8.80. The molecule has 14 heteroatoms. The molecule has 3 heterocycles. The van der Waals surface area contributed by atoms with E-state index in [1.807, 2.05) is 13.8 Å². The molecular formula is C29H35F2N7O4S. The van der Waals surface area contributed by atoms with Crippen LogP contribution in [0.3, 0.4) is 0 Å². The molecule has 1 amide bonds. The van der Waals surface area contributed by atoms with Gasteiger partial charge in [0.1, 0.15) is 11.6 Å². The van der Waals surface area contributed by atoms with Crippen LogP contribution in [0.2, 0.25) is 0 Å². The van der Waals surface area contributed by atoms with Crippen molar-refractivity contribution in [3.8, 4) is 0 Å². The number of sulfonamides is 1. The van der Waals surface area contributed by atoms with Crippen LogP contribution in [0.5, 0.6) is 0 Å². The van der Waals surface area contributed by atoms with Gasteiger partial charge in [-0.2, -0.15) is 9.40 Å². The predicted molar refractivity (Wildman–Crippen MR) is 157 cm³/mol. The minimum atomic E-state index is -4.26. The van der Waals surface area contributed by atoms with Crippen molar-refractivity contribution in [1.82, 2.24) is 24.3 Å². The van der Waals surface area contributed by atoms with E-state index in [-0.39, 0.29) is 31.2 Å². The van der Waals surface area contributed by atoms with Gasteiger partial charge in [-0.05, 0) is 43.4 Å². The highest BCUT2D eigenvalue weighted by molar-refractivity contribution is 7.89. The van der Waals surface area contributed by atoms with Crippen LogP contribution in [0.1, 0.15) is 35.5 Å². The monoisotopic (exact) mass is 615 g/mol. The Morgan fingerprint density at radius 2 is 1.67 bits per heavy atom. The normalized spacial score (nSPS) is 17.8. The van der Waals surface area contributed by atoms with E-state index in [0.29, 0.717) is 35.1 Å². The summed E-state index contributed by atoms with van der Waals surface area (Å²) < 4.78 is 55.5. The molecular weight excluding hydrogens is 580 g/mol. The molecule has 43 heavy (non-hydrogen) atoms. The Morgan fingerprint density at radius 3 is 2.33 bits per heavy atom. The Hall–Kier alpha value is -3.72. The van der Waals surface area contributed by atoms with Gasteiger partial charge in [0.25, 0.3) is 5.91 Å². The number of aromatic amines is 1. The third-order valence-corrected chi connectivity index (χ3v) is 9.56. The highest BCUT2D eigenvalue weighted by Gasteiger charge is 2.41. The van der Waals surface area contributed by atoms with Gasteiger partial charge in [-0.1, -0.05) is 13.8 Å². The first kappa shape index (κ1) is 30.7. The minimum Gasteiger partial charge on any atom is -0.378 e. The standard InChI is InChI=1S/C29H35F2N7O4S/c1-29(2)18-38(43(41,42)24-13-20(30)12-21(31)14-24)17-25-26(29)34-35-27(25)33-28(40)19-4-6-22(7-5-19)32-15-23(39)16-37-10-8-36(3)9-11-37/h4-7,12-14,32H,8-11,15-18H2,1-3H3,(H2,33,34,35,40). The fourth-order valence-corrected chi connectivity index (χ4v) is 6.98. The fraction of sp³-hybridized carbons (Fsp3) is 0.414. The van der Waals surface area contributed by atoms with Crippen LogP contribution < -0.4 is 10.6 Å². The Kier molecular flexibility index (Phi) is 8.65. The first-order valence-electron chi connectivity index (χ1n) is 13.9. The summed E-state index contributed by atoms with van der Waals surface area (Å²) in [5, 5.41) is 13.0. The largest absolute Gasteiger partial charge is 0.378 e. The van der Waals surface area contributed by atoms with Crippen molar-refractivity contribution in [3.63, 3.8) is 0 Å². The van der Waals surface area contributed by atoms with Crippen LogP contribution in [0.15, 0.2) is 47.4 Å². The maximum absolute atomic E-state index is 13.8. The third-order valence-electron chi connectivity index (χ3n) is 7.79. The second kappa shape index (κ2) is 12.1. The van der Waals surface area contributed by atoms with Gasteiger partial charge >= 0.3 is 0 Å². The van der Waals surface area contributed by atoms with Crippen LogP contribution in [-0.2, 0) is 26.8 Å². The van der Waals surface area contributed by atoms with Crippen molar-refractivity contribution >= 4 is 33.2 Å². The van der Waals surface area contributed by atoms with E-state index >= 15 is 0 Å². The molecule has 0 saturated carbocycles. The minimum absolute atomic E-state index is 0.0301. The average molecular weight is 616 g/mol. The first-order chi connectivity index (χ1) is 20.3. The first-order valence-corrected chi connectivity index (χ1v) is 15.4. The molecule has 0 atom stereocenters. The zero-order valence-electron chi connectivity index (χ0n) is 24.3. The molecule has 2 aromatic carbocycles. The Bertz CT molecular complexity index is 1600. The average Bonchev–Trinajstić information content (AvgIpc) is 3.36. The van der Waals surface area contributed by atoms with Gasteiger partial charge in [-0.25, -0.2) is 17.2 Å². The molecule has 3 aromatic rings. The summed E-state index contributed by atoms with van der Waals surface area (Å²) in [7, 11) is -2.19. The number of fused-ring (bicyclic) bond motifs is 1. The summed E-state index contributed by atoms with van der Waals surface area (Å²) in [5.41, 5.74) is 1.40. The van der Waals surface area contributed by atoms with Crippen molar-refractivity contribution in [2.45, 2.75) is 30.7 Å². The molecule has 11 nitrogen and oxygen atoms in total. The van der Waals surface area contributed by atoms with Crippen molar-refractivity contribution in [3.05, 3.63) is 70.9 Å². The highest BCUT2D eigenvalue weighted by Crippen LogP contribution is 2.38. The van der Waals surface area contributed by atoms with Crippen molar-refractivity contribution < 1.29 is 26.8 Å². The number of H-pyrrole nitrogens is 1. The van der Waals surface area contributed by atoms with Crippen LogP contribution in [0.25, 0.3) is 0 Å². The number of hydrogen-bond donors (Lipinski definition) is 3. The summed E-state index contributed by atoms with van der Waals surface area (Å²) in [6.07, 6.45) is 0. The Labute approximate surface area is 249 Å². The molecule has 3 N–H and O–H groups in total. The van der Waals surface area contributed by atoms with E-state index in [0.717, 1.165) is 42.6 Å². The van der Waals surface area contributed by atoms with Crippen molar-refractivity contribution in [1.29, 1.82) is 0 Å². The number of Topliss-reactive ketones (excluding diaryl/α,β-unsaturated/α-hetero) is 1. The van der Waals surface area contributed by atoms with E-state index in [2.05, 4.69) is 37.7 Å². The maximum Gasteiger partial charge on any atom is 0.256 e. The fourth-order valence-electron chi connectivity index (χ4n) is 5.36. The number of carbonyl (C=O) groups excluding carboxylic acids is 2. The molecule has 230 valence electrons. The SMILES string of the molecule is CN1CCN(CC(=O)CNc2ccc(C(=O)Nc3n[nH]c4c3CN(S(=O)(=O)c3cc(F)cc(F)c3)CC4(C)C)cc2)CC1. The number of anilines is 2. The lowest BCUT2D eigenvalue weighted by molar-refractivity contribution is -0.118. The second-order valence-corrected chi connectivity index (χ2v) is 13.6. The van der Waals surface area contributed by atoms with Gasteiger partial charge in [0, 0.05) is 73.3 Å². The number of ketones is 1. The Morgan fingerprint density at radius 1 is 1.02 bits per heavy atom. The number of piperazine rings is 1. The lowest BCUT2D eigenvalue weighted by atomic mass is 9.84. The number of amides is 1. The Balaban J connectivity index is 1.23. The number of carbonyl (C=O) groups is 2. The number of benzene rings is 2. The number of likely N-dealkylation sites (N-methyl/N-ethyl adjacent to an activating group) is 1. The van der Waals surface area contributed by atoms with E-state index in [4.69, 9.17) is 0 Å². The molecule has 0 spiro atoms. The highest BCUT2D eigenvalue weighted by atomic mass is 32.2. The number of hydrogen-bond acceptors (Lipinski definition) is 8. The van der Waals surface area contributed by atoms with Gasteiger partial charge in [0.15, 0.2) is 11.6 Å². The van der Waals surface area contributed by atoms with E-state index in [9.17, 15) is 26.8 Å². The summed E-state index contributed by atoms with van der Waals surface area (Å²) in [5.74, 6) is -2.21. The van der Waals surface area contributed by atoms with E-state index < -0.39 is 37.9 Å². The van der Waals surface area contributed by atoms with Gasteiger partial charge in [-0.3, -0.25) is 19.6 Å². The topological polar surface area (TPSA) is 131 Å². The number of rotatable bonds is 9. The number of aromatic nitrogens is 2. The summed E-state index contributed by atoms with van der Waals surface area (Å²) >= 11 is 0. The van der Waals surface area contributed by atoms with Crippen LogP contribution >= 0.6 is 0 Å². The zero-order chi connectivity index (χ0) is 30.9. The van der Waals surface area contributed by atoms with Crippen molar-refractivity contribution in [2.24, 2.45) is 0 Å². The second-order valence-electron chi connectivity index (χ2n) is 11.7. The summed E-state index contributed by atoms with van der Waals surface area (Å²) in [6.45, 7) is 7.67. The molecule has 1 aromatic heterocycles. The molecule has 0 aliphatic carbocycles. The lowest BCUT2D eigenvalue weighted by Crippen LogP contribution is -2.46. The molecule has 5 rings (SSSR count). The quantitative estimate of drug-likeness (QED) is 0.335. The zero-order valence-corrected chi connectivity index (χ0v) is 25.1. The maximum atomic E-state index is 13.8. The van der Waals surface area contributed by atoms with E-state index in [1.54, 1.807) is 24.3 Å². The molecule has 2 aliphatic heterocycles. The summed E-state index contributed by atoms with van der Waals surface area (Å²) in [4.78, 5) is 29.4.